The van der Waals surface area contributed by atoms with Crippen LogP contribution < -0.4 is 0 Å². The number of pyridine rings is 1. The summed E-state index contributed by atoms with van der Waals surface area (Å²) in [6, 6.07) is 5.64. The van der Waals surface area contributed by atoms with E-state index in [0.717, 1.165) is 0 Å². The van der Waals surface area contributed by atoms with Gasteiger partial charge in [-0.2, -0.15) is 5.26 Å². The Morgan fingerprint density at radius 1 is 1.65 bits per heavy atom. The lowest BCUT2D eigenvalue weighted by Gasteiger charge is -2.37. The molecule has 1 N–H and O–H groups in total. The molecule has 106 valence electrons. The number of esters is 1. The summed E-state index contributed by atoms with van der Waals surface area (Å²) in [5, 5.41) is 19.9. The summed E-state index contributed by atoms with van der Waals surface area (Å²) < 4.78 is 4.71. The fraction of sp³-hybridized carbons (Fsp3) is 0.500. The van der Waals surface area contributed by atoms with Gasteiger partial charge in [0.1, 0.15) is 5.15 Å². The van der Waals surface area contributed by atoms with Crippen molar-refractivity contribution >= 4 is 17.6 Å². The molecule has 0 amide bonds. The zero-order valence-electron chi connectivity index (χ0n) is 11.0. The Labute approximate surface area is 122 Å². The number of aliphatic hydroxyl groups is 1. The summed E-state index contributed by atoms with van der Waals surface area (Å²) >= 11 is 5.76. The number of nitrogens with zero attached hydrogens (tertiary/aromatic N) is 2. The molecule has 1 aliphatic carbocycles. The Balaban J connectivity index is 2.34. The normalized spacial score (nSPS) is 29.5. The first kappa shape index (κ1) is 14.8. The highest BCUT2D eigenvalue weighted by atomic mass is 35.5. The van der Waals surface area contributed by atoms with E-state index in [-0.39, 0.29) is 6.42 Å². The van der Waals surface area contributed by atoms with Gasteiger partial charge in [-0.25, -0.2) is 4.98 Å². The van der Waals surface area contributed by atoms with Crippen LogP contribution in [-0.4, -0.2) is 29.3 Å². The predicted octanol–water partition coefficient (Wildman–Crippen LogP) is 1.83. The van der Waals surface area contributed by atoms with Crippen molar-refractivity contribution in [2.24, 2.45) is 5.92 Å². The largest absolute Gasteiger partial charge is 0.469 e. The van der Waals surface area contributed by atoms with Crippen molar-refractivity contribution in [2.75, 3.05) is 7.11 Å². The van der Waals surface area contributed by atoms with Gasteiger partial charge in [0.05, 0.1) is 30.6 Å². The number of nitriles is 1. The van der Waals surface area contributed by atoms with Gasteiger partial charge < -0.3 is 9.84 Å². The number of rotatable bonds is 2. The van der Waals surface area contributed by atoms with Crippen molar-refractivity contribution < 1.29 is 14.6 Å². The number of aromatic nitrogens is 1. The van der Waals surface area contributed by atoms with Crippen molar-refractivity contribution in [1.29, 1.82) is 5.26 Å². The van der Waals surface area contributed by atoms with Crippen LogP contribution >= 0.6 is 11.6 Å². The monoisotopic (exact) mass is 294 g/mol. The molecule has 1 fully saturated rings. The maximum Gasteiger partial charge on any atom is 0.311 e. The number of carbonyl (C=O) groups is 1. The van der Waals surface area contributed by atoms with Crippen LogP contribution in [0.5, 0.6) is 0 Å². The first-order chi connectivity index (χ1) is 9.52. The SMILES string of the molecule is COC(=O)C1CC(C#N)(c2ccc(Cl)nc2)CCC1O. The van der Waals surface area contributed by atoms with E-state index in [9.17, 15) is 15.2 Å². The summed E-state index contributed by atoms with van der Waals surface area (Å²) in [4.78, 5) is 15.7. The van der Waals surface area contributed by atoms with Crippen LogP contribution in [0.3, 0.4) is 0 Å². The van der Waals surface area contributed by atoms with E-state index in [1.807, 2.05) is 0 Å². The third kappa shape index (κ3) is 2.62. The topological polar surface area (TPSA) is 83.2 Å². The van der Waals surface area contributed by atoms with Gasteiger partial charge in [-0.15, -0.1) is 0 Å². The number of aliphatic hydroxyl groups excluding tert-OH is 1. The summed E-state index contributed by atoms with van der Waals surface area (Å²) in [5.41, 5.74) is -0.124. The molecule has 0 saturated heterocycles. The van der Waals surface area contributed by atoms with Crippen molar-refractivity contribution in [3.8, 4) is 6.07 Å². The lowest BCUT2D eigenvalue weighted by Crippen LogP contribution is -2.42. The van der Waals surface area contributed by atoms with Crippen molar-refractivity contribution in [2.45, 2.75) is 30.8 Å². The number of halogens is 1. The molecule has 2 rings (SSSR count). The molecule has 0 radical (unpaired) electrons. The lowest BCUT2D eigenvalue weighted by atomic mass is 9.66. The molecule has 0 bridgehead atoms. The van der Waals surface area contributed by atoms with Gasteiger partial charge in [0.15, 0.2) is 0 Å². The van der Waals surface area contributed by atoms with E-state index in [1.165, 1.54) is 7.11 Å². The minimum atomic E-state index is -0.838. The first-order valence-electron chi connectivity index (χ1n) is 6.31. The standard InChI is InChI=1S/C14H15ClN2O3/c1-20-13(19)10-6-14(8-16,5-4-11(10)18)9-2-3-12(15)17-7-9/h2-3,7,10-11,18H,4-6H2,1H3. The second-order valence-electron chi connectivity index (χ2n) is 5.00. The zero-order chi connectivity index (χ0) is 14.8. The predicted molar refractivity (Wildman–Crippen MR) is 71.9 cm³/mol. The van der Waals surface area contributed by atoms with Crippen molar-refractivity contribution in [1.82, 2.24) is 4.98 Å². The summed E-state index contributed by atoms with van der Waals surface area (Å²) in [6.07, 6.45) is 1.85. The number of hydrogen-bond donors (Lipinski definition) is 1. The van der Waals surface area contributed by atoms with Gasteiger partial charge in [-0.1, -0.05) is 17.7 Å². The van der Waals surface area contributed by atoms with Crippen LogP contribution in [0, 0.1) is 17.2 Å². The second kappa shape index (κ2) is 5.78. The Bertz CT molecular complexity index is 540. The summed E-state index contributed by atoms with van der Waals surface area (Å²) in [6.45, 7) is 0. The molecule has 6 heteroatoms. The maximum atomic E-state index is 11.7. The molecule has 0 aliphatic heterocycles. The van der Waals surface area contributed by atoms with E-state index in [2.05, 4.69) is 11.1 Å². The van der Waals surface area contributed by atoms with Gasteiger partial charge >= 0.3 is 5.97 Å². The smallest absolute Gasteiger partial charge is 0.311 e. The molecular formula is C14H15ClN2O3. The Hall–Kier alpha value is -1.64. The van der Waals surface area contributed by atoms with Crippen LogP contribution in [0.1, 0.15) is 24.8 Å². The first-order valence-corrected chi connectivity index (χ1v) is 6.69. The van der Waals surface area contributed by atoms with E-state index in [0.29, 0.717) is 23.6 Å². The zero-order valence-corrected chi connectivity index (χ0v) is 11.8. The van der Waals surface area contributed by atoms with Crippen LogP contribution in [0.15, 0.2) is 18.3 Å². The van der Waals surface area contributed by atoms with Crippen LogP contribution in [0.25, 0.3) is 0 Å². The Kier molecular flexibility index (Phi) is 4.26. The van der Waals surface area contributed by atoms with Crippen LogP contribution in [0.4, 0.5) is 0 Å². The number of ether oxygens (including phenoxy) is 1. The van der Waals surface area contributed by atoms with E-state index < -0.39 is 23.4 Å². The fourth-order valence-corrected chi connectivity index (χ4v) is 2.80. The van der Waals surface area contributed by atoms with E-state index in [4.69, 9.17) is 16.3 Å². The number of methoxy groups -OCH3 is 1. The average molecular weight is 295 g/mol. The molecule has 3 unspecified atom stereocenters. The van der Waals surface area contributed by atoms with Crippen molar-refractivity contribution in [3.63, 3.8) is 0 Å². The lowest BCUT2D eigenvalue weighted by molar-refractivity contribution is -0.152. The number of carbonyl (C=O) groups excluding carboxylic acids is 1. The molecule has 20 heavy (non-hydrogen) atoms. The molecule has 0 aromatic carbocycles. The molecular weight excluding hydrogens is 280 g/mol. The maximum absolute atomic E-state index is 11.7. The minimum Gasteiger partial charge on any atom is -0.469 e. The highest BCUT2D eigenvalue weighted by Gasteiger charge is 2.45. The summed E-state index contributed by atoms with van der Waals surface area (Å²) in [7, 11) is 1.28. The molecule has 1 saturated carbocycles. The summed E-state index contributed by atoms with van der Waals surface area (Å²) in [5.74, 6) is -1.18. The van der Waals surface area contributed by atoms with Crippen molar-refractivity contribution in [3.05, 3.63) is 29.0 Å². The van der Waals surface area contributed by atoms with E-state index >= 15 is 0 Å². The fourth-order valence-electron chi connectivity index (χ4n) is 2.69. The third-order valence-electron chi connectivity index (χ3n) is 3.90. The molecule has 3 atom stereocenters. The van der Waals surface area contributed by atoms with Crippen LogP contribution in [-0.2, 0) is 14.9 Å². The molecule has 0 spiro atoms. The Morgan fingerprint density at radius 3 is 2.95 bits per heavy atom. The van der Waals surface area contributed by atoms with Gasteiger partial charge in [0, 0.05) is 6.20 Å². The molecule has 1 aromatic heterocycles. The van der Waals surface area contributed by atoms with Gasteiger partial charge in [-0.05, 0) is 30.9 Å². The molecule has 1 heterocycles. The van der Waals surface area contributed by atoms with Gasteiger partial charge in [0.2, 0.25) is 0 Å². The molecule has 5 nitrogen and oxygen atoms in total. The highest BCUT2D eigenvalue weighted by Crippen LogP contribution is 2.42. The molecule has 1 aromatic rings. The van der Waals surface area contributed by atoms with Gasteiger partial charge in [0.25, 0.3) is 0 Å². The second-order valence-corrected chi connectivity index (χ2v) is 5.39. The van der Waals surface area contributed by atoms with E-state index in [1.54, 1.807) is 18.3 Å². The quantitative estimate of drug-likeness (QED) is 0.664. The highest BCUT2D eigenvalue weighted by molar-refractivity contribution is 6.29. The average Bonchev–Trinajstić information content (AvgIpc) is 2.48. The number of hydrogen-bond acceptors (Lipinski definition) is 5. The van der Waals surface area contributed by atoms with Gasteiger partial charge in [-0.3, -0.25) is 4.79 Å². The third-order valence-corrected chi connectivity index (χ3v) is 4.12. The Morgan fingerprint density at radius 2 is 2.40 bits per heavy atom. The molecule has 1 aliphatic rings. The minimum absolute atomic E-state index is 0.223. The van der Waals surface area contributed by atoms with Crippen LogP contribution in [0.2, 0.25) is 5.15 Å².